The molecule has 0 saturated carbocycles. The highest BCUT2D eigenvalue weighted by Gasteiger charge is 2.20. The lowest BCUT2D eigenvalue weighted by Gasteiger charge is -2.23. The minimum Gasteiger partial charge on any atom is -0.324 e. The van der Waals surface area contributed by atoms with Crippen molar-refractivity contribution in [3.8, 4) is 6.07 Å². The van der Waals surface area contributed by atoms with E-state index in [2.05, 4.69) is 28.7 Å². The van der Waals surface area contributed by atoms with Crippen LogP contribution < -0.4 is 5.73 Å². The fourth-order valence-corrected chi connectivity index (χ4v) is 2.86. The minimum atomic E-state index is 0.167. The molecule has 14 heavy (non-hydrogen) atoms. The molecule has 0 amide bonds. The molecule has 1 aromatic carbocycles. The first-order valence-corrected chi connectivity index (χ1v) is 5.79. The summed E-state index contributed by atoms with van der Waals surface area (Å²) in [7, 11) is 0. The number of nitrogens with two attached hydrogens (primary N) is 1. The summed E-state index contributed by atoms with van der Waals surface area (Å²) in [6.07, 6.45) is 3.27. The van der Waals surface area contributed by atoms with Crippen molar-refractivity contribution in [2.45, 2.75) is 25.3 Å². The molecule has 1 atom stereocenters. The van der Waals surface area contributed by atoms with Gasteiger partial charge in [0.05, 0.1) is 5.56 Å². The third kappa shape index (κ3) is 1.53. The summed E-state index contributed by atoms with van der Waals surface area (Å²) >= 11 is 2.26. The van der Waals surface area contributed by atoms with E-state index in [4.69, 9.17) is 11.0 Å². The monoisotopic (exact) mass is 298 g/mol. The molecular formula is C11H11IN2. The summed E-state index contributed by atoms with van der Waals surface area (Å²) < 4.78 is 1.10. The highest BCUT2D eigenvalue weighted by molar-refractivity contribution is 14.1. The van der Waals surface area contributed by atoms with Gasteiger partial charge in [-0.3, -0.25) is 0 Å². The maximum Gasteiger partial charge on any atom is 0.100 e. The predicted molar refractivity (Wildman–Crippen MR) is 63.7 cm³/mol. The molecule has 1 aliphatic carbocycles. The van der Waals surface area contributed by atoms with Crippen molar-refractivity contribution in [3.05, 3.63) is 32.4 Å². The number of rotatable bonds is 0. The summed E-state index contributed by atoms with van der Waals surface area (Å²) in [4.78, 5) is 0. The van der Waals surface area contributed by atoms with Crippen molar-refractivity contribution in [1.82, 2.24) is 0 Å². The van der Waals surface area contributed by atoms with Crippen LogP contribution in [0.25, 0.3) is 0 Å². The molecule has 0 aliphatic heterocycles. The topological polar surface area (TPSA) is 49.8 Å². The van der Waals surface area contributed by atoms with Gasteiger partial charge in [0.15, 0.2) is 0 Å². The van der Waals surface area contributed by atoms with Crippen LogP contribution in [-0.4, -0.2) is 0 Å². The molecule has 72 valence electrons. The zero-order chi connectivity index (χ0) is 10.1. The lowest BCUT2D eigenvalue weighted by molar-refractivity contribution is 0.568. The fourth-order valence-electron chi connectivity index (χ4n) is 1.98. The molecule has 1 aliphatic rings. The number of hydrogen-bond donors (Lipinski definition) is 1. The Kier molecular flexibility index (Phi) is 2.75. The summed E-state index contributed by atoms with van der Waals surface area (Å²) in [5.41, 5.74) is 9.33. The Morgan fingerprint density at radius 2 is 2.29 bits per heavy atom. The molecular weight excluding hydrogens is 287 g/mol. The zero-order valence-corrected chi connectivity index (χ0v) is 9.91. The lowest BCUT2D eigenvalue weighted by Crippen LogP contribution is -2.18. The summed E-state index contributed by atoms with van der Waals surface area (Å²) in [6.45, 7) is 0. The fraction of sp³-hybridized carbons (Fsp3) is 0.364. The molecule has 0 fully saturated rings. The Bertz CT molecular complexity index is 406. The molecule has 3 heteroatoms. The number of nitrogens with zero attached hydrogens (tertiary/aromatic N) is 1. The van der Waals surface area contributed by atoms with Gasteiger partial charge in [-0.25, -0.2) is 0 Å². The van der Waals surface area contributed by atoms with Crippen LogP contribution in [0.2, 0.25) is 0 Å². The van der Waals surface area contributed by atoms with Gasteiger partial charge in [0.1, 0.15) is 6.07 Å². The van der Waals surface area contributed by atoms with Gasteiger partial charge in [-0.15, -0.1) is 0 Å². The molecule has 1 aromatic rings. The van der Waals surface area contributed by atoms with Crippen LogP contribution in [0.3, 0.4) is 0 Å². The molecule has 2 N–H and O–H groups in total. The first-order valence-electron chi connectivity index (χ1n) is 4.71. The van der Waals surface area contributed by atoms with E-state index in [1.807, 2.05) is 12.1 Å². The lowest BCUT2D eigenvalue weighted by atomic mass is 9.87. The molecule has 2 rings (SSSR count). The van der Waals surface area contributed by atoms with Crippen LogP contribution in [-0.2, 0) is 6.42 Å². The van der Waals surface area contributed by atoms with Crippen LogP contribution in [0.1, 0.15) is 35.6 Å². The molecule has 0 unspecified atom stereocenters. The largest absolute Gasteiger partial charge is 0.324 e. The van der Waals surface area contributed by atoms with E-state index in [1.165, 1.54) is 11.1 Å². The van der Waals surface area contributed by atoms with E-state index < -0.39 is 0 Å². The van der Waals surface area contributed by atoms with E-state index in [9.17, 15) is 0 Å². The van der Waals surface area contributed by atoms with E-state index in [1.54, 1.807) is 0 Å². The average Bonchev–Trinajstić information content (AvgIpc) is 2.20. The second-order valence-corrected chi connectivity index (χ2v) is 4.68. The Balaban J connectivity index is 2.59. The average molecular weight is 298 g/mol. The standard InChI is InChI=1S/C11H11IN2/c12-11-7(6-13)4-5-8-9(11)2-1-3-10(8)14/h4-5,10H,1-3,14H2/t10-/m0/s1. The number of hydrogen-bond acceptors (Lipinski definition) is 2. The van der Waals surface area contributed by atoms with Crippen molar-refractivity contribution in [2.24, 2.45) is 5.73 Å². The molecule has 0 spiro atoms. The summed E-state index contributed by atoms with van der Waals surface area (Å²) in [5.74, 6) is 0. The Labute approximate surface area is 97.2 Å². The van der Waals surface area contributed by atoms with Crippen molar-refractivity contribution in [1.29, 1.82) is 5.26 Å². The maximum atomic E-state index is 8.90. The van der Waals surface area contributed by atoms with Gasteiger partial charge in [-0.05, 0) is 59.0 Å². The quantitative estimate of drug-likeness (QED) is 0.748. The zero-order valence-electron chi connectivity index (χ0n) is 7.76. The second-order valence-electron chi connectivity index (χ2n) is 3.61. The summed E-state index contributed by atoms with van der Waals surface area (Å²) in [5, 5.41) is 8.90. The van der Waals surface area contributed by atoms with Gasteiger partial charge in [-0.1, -0.05) is 6.07 Å². The second kappa shape index (κ2) is 3.87. The first kappa shape index (κ1) is 9.94. The Morgan fingerprint density at radius 1 is 1.50 bits per heavy atom. The number of nitriles is 1. The Morgan fingerprint density at radius 3 is 3.00 bits per heavy atom. The van der Waals surface area contributed by atoms with Gasteiger partial charge >= 0.3 is 0 Å². The molecule has 0 bridgehead atoms. The van der Waals surface area contributed by atoms with Crippen LogP contribution in [0.15, 0.2) is 12.1 Å². The molecule has 0 heterocycles. The SMILES string of the molecule is N#Cc1ccc2c(c1I)CCC[C@@H]2N. The predicted octanol–water partition coefficient (Wildman–Crippen LogP) is 2.50. The van der Waals surface area contributed by atoms with E-state index in [0.29, 0.717) is 0 Å². The van der Waals surface area contributed by atoms with Crippen LogP contribution in [0.4, 0.5) is 0 Å². The van der Waals surface area contributed by atoms with Crippen LogP contribution >= 0.6 is 22.6 Å². The van der Waals surface area contributed by atoms with Crippen LogP contribution in [0.5, 0.6) is 0 Å². The molecule has 0 aromatic heterocycles. The normalized spacial score (nSPS) is 19.9. The highest BCUT2D eigenvalue weighted by Crippen LogP contribution is 2.32. The van der Waals surface area contributed by atoms with Crippen LogP contribution in [0, 0.1) is 14.9 Å². The van der Waals surface area contributed by atoms with Gasteiger partial charge < -0.3 is 5.73 Å². The van der Waals surface area contributed by atoms with E-state index in [0.717, 1.165) is 28.4 Å². The van der Waals surface area contributed by atoms with Crippen molar-refractivity contribution < 1.29 is 0 Å². The number of fused-ring (bicyclic) bond motifs is 1. The summed E-state index contributed by atoms with van der Waals surface area (Å²) in [6, 6.07) is 6.27. The molecule has 2 nitrogen and oxygen atoms in total. The first-order chi connectivity index (χ1) is 6.74. The highest BCUT2D eigenvalue weighted by atomic mass is 127. The maximum absolute atomic E-state index is 8.90. The molecule has 0 radical (unpaired) electrons. The van der Waals surface area contributed by atoms with Crippen molar-refractivity contribution in [2.75, 3.05) is 0 Å². The number of benzene rings is 1. The smallest absolute Gasteiger partial charge is 0.100 e. The van der Waals surface area contributed by atoms with Gasteiger partial charge in [0, 0.05) is 9.61 Å². The third-order valence-corrected chi connectivity index (χ3v) is 3.97. The third-order valence-electron chi connectivity index (χ3n) is 2.74. The number of halogens is 1. The van der Waals surface area contributed by atoms with Gasteiger partial charge in [0.2, 0.25) is 0 Å². The van der Waals surface area contributed by atoms with E-state index in [-0.39, 0.29) is 6.04 Å². The van der Waals surface area contributed by atoms with Gasteiger partial charge in [0.25, 0.3) is 0 Å². The Hall–Kier alpha value is -0.600. The van der Waals surface area contributed by atoms with Crippen molar-refractivity contribution >= 4 is 22.6 Å². The van der Waals surface area contributed by atoms with E-state index >= 15 is 0 Å². The van der Waals surface area contributed by atoms with Crippen molar-refractivity contribution in [3.63, 3.8) is 0 Å². The minimum absolute atomic E-state index is 0.167. The van der Waals surface area contributed by atoms with Gasteiger partial charge in [-0.2, -0.15) is 5.26 Å². The molecule has 0 saturated heterocycles.